The Morgan fingerprint density at radius 1 is 1.23 bits per heavy atom. The molecule has 66 valence electrons. The van der Waals surface area contributed by atoms with E-state index in [1.807, 2.05) is 0 Å². The van der Waals surface area contributed by atoms with Gasteiger partial charge in [0, 0.05) is 0 Å². The molecule has 13 heavy (non-hydrogen) atoms. The first-order chi connectivity index (χ1) is 6.20. The Bertz CT molecular complexity index is 567. The Hall–Kier alpha value is -2.04. The molecule has 0 radical (unpaired) electrons. The lowest BCUT2D eigenvalue weighted by Crippen LogP contribution is -2.38. The summed E-state index contributed by atoms with van der Waals surface area (Å²) in [5.74, 6) is 4.29. The molecule has 0 bridgehead atoms. The number of nitrogens with zero attached hydrogens (tertiary/aromatic N) is 1. The van der Waals surface area contributed by atoms with Crippen molar-refractivity contribution in [2.24, 2.45) is 0 Å². The van der Waals surface area contributed by atoms with Crippen molar-refractivity contribution in [1.82, 2.24) is 4.68 Å². The molecule has 0 saturated carbocycles. The number of hydrogen-bond donors (Lipinski definition) is 1. The first-order valence-corrected chi connectivity index (χ1v) is 3.60. The molecule has 2 rings (SSSR count). The summed E-state index contributed by atoms with van der Waals surface area (Å²) in [4.78, 5) is 22.3. The minimum absolute atomic E-state index is 0.249. The molecule has 0 amide bonds. The molecule has 5 heteroatoms. The highest BCUT2D eigenvalue weighted by Gasteiger charge is 2.04. The van der Waals surface area contributed by atoms with Crippen LogP contribution in [-0.4, -0.2) is 4.68 Å². The van der Waals surface area contributed by atoms with E-state index in [0.29, 0.717) is 10.1 Å². The Morgan fingerprint density at radius 2 is 1.92 bits per heavy atom. The number of nitrogens with two attached hydrogens (primary N) is 1. The summed E-state index contributed by atoms with van der Waals surface area (Å²) in [6.45, 7) is 0. The molecule has 5 nitrogen and oxygen atoms in total. The van der Waals surface area contributed by atoms with E-state index in [1.165, 1.54) is 6.07 Å². The van der Waals surface area contributed by atoms with Gasteiger partial charge in [-0.05, 0) is 12.1 Å². The maximum atomic E-state index is 11.3. The van der Waals surface area contributed by atoms with Gasteiger partial charge in [-0.25, -0.2) is 4.79 Å². The summed E-state index contributed by atoms with van der Waals surface area (Å²) in [5.41, 5.74) is -0.300. The highest BCUT2D eigenvalue weighted by molar-refractivity contribution is 5.74. The van der Waals surface area contributed by atoms with Crippen molar-refractivity contribution in [3.8, 4) is 0 Å². The van der Waals surface area contributed by atoms with Gasteiger partial charge in [0.2, 0.25) is 0 Å². The van der Waals surface area contributed by atoms with Crippen molar-refractivity contribution in [1.29, 1.82) is 0 Å². The molecule has 0 aliphatic heterocycles. The van der Waals surface area contributed by atoms with Crippen molar-refractivity contribution < 1.29 is 4.42 Å². The second-order valence-corrected chi connectivity index (χ2v) is 2.54. The first kappa shape index (κ1) is 7.60. The standard InChI is InChI=1S/C8H6N2O3/c9-10-7(11)5-3-1-2-4-6(5)13-8(10)12/h1-4H,9H2. The Labute approximate surface area is 72.0 Å². The van der Waals surface area contributed by atoms with Gasteiger partial charge in [-0.15, -0.1) is 0 Å². The van der Waals surface area contributed by atoms with Gasteiger partial charge in [0.15, 0.2) is 0 Å². The number of aromatic nitrogens is 1. The Balaban J connectivity index is 3.12. The predicted octanol–water partition coefficient (Wildman–Crippen LogP) is -0.332. The lowest BCUT2D eigenvalue weighted by atomic mass is 10.2. The largest absolute Gasteiger partial charge is 0.441 e. The van der Waals surface area contributed by atoms with Crippen LogP contribution in [0, 0.1) is 0 Å². The number of nitrogen functional groups attached to an aromatic ring is 1. The normalized spacial score (nSPS) is 10.5. The average Bonchev–Trinajstić information content (AvgIpc) is 2.15. The van der Waals surface area contributed by atoms with Crippen molar-refractivity contribution in [3.05, 3.63) is 45.2 Å². The summed E-state index contributed by atoms with van der Waals surface area (Å²) in [6, 6.07) is 6.43. The van der Waals surface area contributed by atoms with Crippen LogP contribution < -0.4 is 17.2 Å². The van der Waals surface area contributed by atoms with Crippen molar-refractivity contribution >= 4 is 11.0 Å². The smallest absolute Gasteiger partial charge is 0.408 e. The molecule has 0 unspecified atom stereocenters. The van der Waals surface area contributed by atoms with Crippen molar-refractivity contribution in [2.45, 2.75) is 0 Å². The third-order valence-electron chi connectivity index (χ3n) is 1.73. The van der Waals surface area contributed by atoms with E-state index in [-0.39, 0.29) is 5.58 Å². The zero-order chi connectivity index (χ0) is 9.42. The maximum Gasteiger partial charge on any atom is 0.441 e. The van der Waals surface area contributed by atoms with Gasteiger partial charge in [0.1, 0.15) is 5.58 Å². The van der Waals surface area contributed by atoms with E-state index in [0.717, 1.165) is 0 Å². The summed E-state index contributed by atoms with van der Waals surface area (Å²) < 4.78 is 5.20. The molecular weight excluding hydrogens is 172 g/mol. The van der Waals surface area contributed by atoms with Crippen LogP contribution in [0.4, 0.5) is 0 Å². The fourth-order valence-electron chi connectivity index (χ4n) is 1.09. The van der Waals surface area contributed by atoms with Gasteiger partial charge in [-0.2, -0.15) is 4.68 Å². The fraction of sp³-hybridized carbons (Fsp3) is 0. The summed E-state index contributed by atoms with van der Waals surface area (Å²) in [5, 5.41) is 0.296. The molecule has 0 atom stereocenters. The van der Waals surface area contributed by atoms with Crippen molar-refractivity contribution in [3.63, 3.8) is 0 Å². The van der Waals surface area contributed by atoms with Gasteiger partial charge in [-0.1, -0.05) is 12.1 Å². The second kappa shape index (κ2) is 2.48. The minimum Gasteiger partial charge on any atom is -0.408 e. The average molecular weight is 178 g/mol. The number of hydrogen-bond acceptors (Lipinski definition) is 4. The molecule has 1 aromatic heterocycles. The van der Waals surface area contributed by atoms with Gasteiger partial charge in [-0.3, -0.25) is 4.79 Å². The molecule has 0 saturated heterocycles. The molecular formula is C8H6N2O3. The van der Waals surface area contributed by atoms with Crippen LogP contribution in [-0.2, 0) is 0 Å². The SMILES string of the molecule is Nn1c(=O)oc2ccccc2c1=O. The van der Waals surface area contributed by atoms with Crippen LogP contribution >= 0.6 is 0 Å². The molecule has 2 aromatic rings. The third kappa shape index (κ3) is 1.01. The van der Waals surface area contributed by atoms with Gasteiger partial charge in [0.25, 0.3) is 5.56 Å². The molecule has 0 spiro atoms. The molecule has 1 heterocycles. The number of fused-ring (bicyclic) bond motifs is 1. The van der Waals surface area contributed by atoms with Crippen LogP contribution in [0.1, 0.15) is 0 Å². The van der Waals surface area contributed by atoms with E-state index >= 15 is 0 Å². The van der Waals surface area contributed by atoms with Gasteiger partial charge >= 0.3 is 5.76 Å². The van der Waals surface area contributed by atoms with Crippen LogP contribution in [0.5, 0.6) is 0 Å². The lowest BCUT2D eigenvalue weighted by molar-refractivity contribution is 0.495. The summed E-state index contributed by atoms with van der Waals surface area (Å²) in [6.07, 6.45) is 0. The lowest BCUT2D eigenvalue weighted by Gasteiger charge is -1.96. The Morgan fingerprint density at radius 3 is 2.69 bits per heavy atom. The number of rotatable bonds is 0. The van der Waals surface area contributed by atoms with E-state index in [1.54, 1.807) is 18.2 Å². The quantitative estimate of drug-likeness (QED) is 0.560. The van der Waals surface area contributed by atoms with Crippen LogP contribution in [0.25, 0.3) is 11.0 Å². The number of benzene rings is 1. The molecule has 0 aliphatic rings. The molecule has 1 aromatic carbocycles. The van der Waals surface area contributed by atoms with E-state index < -0.39 is 11.3 Å². The summed E-state index contributed by atoms with van der Waals surface area (Å²) in [7, 11) is 0. The van der Waals surface area contributed by atoms with Gasteiger partial charge in [0.05, 0.1) is 5.39 Å². The van der Waals surface area contributed by atoms with Crippen molar-refractivity contribution in [2.75, 3.05) is 5.84 Å². The zero-order valence-corrected chi connectivity index (χ0v) is 6.56. The monoisotopic (exact) mass is 178 g/mol. The van der Waals surface area contributed by atoms with Gasteiger partial charge < -0.3 is 10.3 Å². The molecule has 2 N–H and O–H groups in total. The second-order valence-electron chi connectivity index (χ2n) is 2.54. The minimum atomic E-state index is -0.858. The summed E-state index contributed by atoms with van der Waals surface area (Å²) >= 11 is 0. The zero-order valence-electron chi connectivity index (χ0n) is 6.56. The Kier molecular flexibility index (Phi) is 1.45. The first-order valence-electron chi connectivity index (χ1n) is 3.60. The van der Waals surface area contributed by atoms with E-state index in [9.17, 15) is 9.59 Å². The van der Waals surface area contributed by atoms with E-state index in [2.05, 4.69) is 0 Å². The fourth-order valence-corrected chi connectivity index (χ4v) is 1.09. The van der Waals surface area contributed by atoms with Crippen LogP contribution in [0.15, 0.2) is 38.3 Å². The topological polar surface area (TPSA) is 78.2 Å². The molecule has 0 fully saturated rings. The van der Waals surface area contributed by atoms with E-state index in [4.69, 9.17) is 10.3 Å². The third-order valence-corrected chi connectivity index (χ3v) is 1.73. The molecule has 0 aliphatic carbocycles. The number of para-hydroxylation sites is 1. The highest BCUT2D eigenvalue weighted by Crippen LogP contribution is 2.04. The van der Waals surface area contributed by atoms with Crippen LogP contribution in [0.2, 0.25) is 0 Å². The maximum absolute atomic E-state index is 11.3. The van der Waals surface area contributed by atoms with Crippen LogP contribution in [0.3, 0.4) is 0 Å². The highest BCUT2D eigenvalue weighted by atomic mass is 16.4. The predicted molar refractivity (Wildman–Crippen MR) is 46.9 cm³/mol.